The Morgan fingerprint density at radius 2 is 1.48 bits per heavy atom. The molecule has 170 valence electrons. The van der Waals surface area contributed by atoms with E-state index in [1.807, 2.05) is 38.1 Å². The Balaban J connectivity index is 1.36. The van der Waals surface area contributed by atoms with Crippen molar-refractivity contribution in [2.24, 2.45) is 0 Å². The summed E-state index contributed by atoms with van der Waals surface area (Å²) in [6.45, 7) is 3.78. The smallest absolute Gasteiger partial charge is 0.306 e. The molecule has 0 aromatic heterocycles. The van der Waals surface area contributed by atoms with Crippen LogP contribution in [0.3, 0.4) is 0 Å². The van der Waals surface area contributed by atoms with Gasteiger partial charge in [0.15, 0.2) is 12.4 Å². The number of ketones is 1. The van der Waals surface area contributed by atoms with Crippen molar-refractivity contribution in [3.8, 4) is 11.5 Å². The molecule has 0 spiro atoms. The zero-order valence-corrected chi connectivity index (χ0v) is 18.8. The fourth-order valence-corrected chi connectivity index (χ4v) is 3.06. The van der Waals surface area contributed by atoms with Crippen molar-refractivity contribution in [1.29, 1.82) is 0 Å². The van der Waals surface area contributed by atoms with Crippen LogP contribution in [0.2, 0.25) is 0 Å². The second-order valence-corrected chi connectivity index (χ2v) is 7.72. The first kappa shape index (κ1) is 23.7. The van der Waals surface area contributed by atoms with Gasteiger partial charge in [0, 0.05) is 24.1 Å². The summed E-state index contributed by atoms with van der Waals surface area (Å²) in [5.41, 5.74) is 3.50. The Morgan fingerprint density at radius 1 is 0.788 bits per heavy atom. The third-order valence-electron chi connectivity index (χ3n) is 5.10. The van der Waals surface area contributed by atoms with Crippen LogP contribution in [0.15, 0.2) is 72.8 Å². The molecule has 0 aliphatic carbocycles. The van der Waals surface area contributed by atoms with Crippen LogP contribution in [-0.2, 0) is 14.3 Å². The quantitative estimate of drug-likeness (QED) is 0.323. The third kappa shape index (κ3) is 7.61. The topological polar surface area (TPSA) is 81.7 Å². The van der Waals surface area contributed by atoms with E-state index in [0.29, 0.717) is 23.4 Å². The number of benzene rings is 3. The molecule has 0 fully saturated rings. The van der Waals surface area contributed by atoms with E-state index in [2.05, 4.69) is 5.32 Å². The van der Waals surface area contributed by atoms with E-state index in [4.69, 9.17) is 9.47 Å². The Kier molecular flexibility index (Phi) is 8.36. The van der Waals surface area contributed by atoms with E-state index in [0.717, 1.165) is 11.3 Å². The first-order chi connectivity index (χ1) is 15.9. The standard InChI is InChI=1S/C27H27NO5/c1-19-11-14-24(17-20(19)2)33-23-15-12-22(13-16-23)28-26(30)9-6-10-27(31)32-18-25(29)21-7-4-3-5-8-21/h3-5,7-8,11-17H,6,9-10,18H2,1-2H3,(H,28,30). The SMILES string of the molecule is Cc1ccc(Oc2ccc(NC(=O)CCCC(=O)OCC(=O)c3ccccc3)cc2)cc1C. The molecule has 0 aliphatic heterocycles. The molecule has 6 nitrogen and oxygen atoms in total. The highest BCUT2D eigenvalue weighted by Gasteiger charge is 2.11. The molecule has 0 saturated carbocycles. The van der Waals surface area contributed by atoms with Gasteiger partial charge in [-0.15, -0.1) is 0 Å². The summed E-state index contributed by atoms with van der Waals surface area (Å²) in [6.07, 6.45) is 0.568. The zero-order chi connectivity index (χ0) is 23.6. The van der Waals surface area contributed by atoms with Crippen LogP contribution in [0, 0.1) is 13.8 Å². The normalized spacial score (nSPS) is 10.4. The predicted molar refractivity (Wildman–Crippen MR) is 127 cm³/mol. The van der Waals surface area contributed by atoms with Gasteiger partial charge in [-0.05, 0) is 67.8 Å². The molecule has 3 aromatic rings. The predicted octanol–water partition coefficient (Wildman–Crippen LogP) is 5.63. The van der Waals surface area contributed by atoms with E-state index >= 15 is 0 Å². The molecule has 3 rings (SSSR count). The minimum absolute atomic E-state index is 0.0677. The number of Topliss-reactive ketones (excluding diaryl/α,β-unsaturated/α-hetero) is 1. The second-order valence-electron chi connectivity index (χ2n) is 7.72. The highest BCUT2D eigenvalue weighted by molar-refractivity contribution is 5.97. The number of carbonyl (C=O) groups is 3. The van der Waals surface area contributed by atoms with Gasteiger partial charge in [0.1, 0.15) is 11.5 Å². The number of hydrogen-bond donors (Lipinski definition) is 1. The van der Waals surface area contributed by atoms with Crippen LogP contribution in [0.4, 0.5) is 5.69 Å². The first-order valence-electron chi connectivity index (χ1n) is 10.8. The maximum Gasteiger partial charge on any atom is 0.306 e. The zero-order valence-electron chi connectivity index (χ0n) is 18.8. The van der Waals surface area contributed by atoms with Gasteiger partial charge in [-0.3, -0.25) is 14.4 Å². The van der Waals surface area contributed by atoms with Crippen molar-refractivity contribution in [2.45, 2.75) is 33.1 Å². The summed E-state index contributed by atoms with van der Waals surface area (Å²) in [7, 11) is 0. The van der Waals surface area contributed by atoms with E-state index in [1.165, 1.54) is 5.56 Å². The maximum atomic E-state index is 12.1. The Bertz CT molecular complexity index is 1110. The van der Waals surface area contributed by atoms with E-state index in [9.17, 15) is 14.4 Å². The molecule has 0 aliphatic rings. The summed E-state index contributed by atoms with van der Waals surface area (Å²) in [5.74, 6) is 0.467. The molecule has 0 bridgehead atoms. The molecule has 0 saturated heterocycles. The molecule has 1 N–H and O–H groups in total. The fourth-order valence-electron chi connectivity index (χ4n) is 3.06. The molecule has 0 unspecified atom stereocenters. The minimum atomic E-state index is -0.500. The average Bonchev–Trinajstić information content (AvgIpc) is 2.81. The molecule has 33 heavy (non-hydrogen) atoms. The number of esters is 1. The minimum Gasteiger partial charge on any atom is -0.457 e. The molecular weight excluding hydrogens is 418 g/mol. The second kappa shape index (κ2) is 11.6. The Morgan fingerprint density at radius 3 is 2.18 bits per heavy atom. The number of carbonyl (C=O) groups excluding carboxylic acids is 3. The monoisotopic (exact) mass is 445 g/mol. The van der Waals surface area contributed by atoms with Crippen molar-refractivity contribution < 1.29 is 23.9 Å². The van der Waals surface area contributed by atoms with Gasteiger partial charge in [-0.25, -0.2) is 0 Å². The van der Waals surface area contributed by atoms with Crippen LogP contribution >= 0.6 is 0 Å². The lowest BCUT2D eigenvalue weighted by atomic mass is 10.1. The van der Waals surface area contributed by atoms with E-state index < -0.39 is 5.97 Å². The number of nitrogens with one attached hydrogen (secondary N) is 1. The number of ether oxygens (including phenoxy) is 2. The van der Waals surface area contributed by atoms with Gasteiger partial charge in [-0.1, -0.05) is 36.4 Å². The van der Waals surface area contributed by atoms with Crippen molar-refractivity contribution >= 4 is 23.3 Å². The molecule has 3 aromatic carbocycles. The van der Waals surface area contributed by atoms with Gasteiger partial charge in [0.2, 0.25) is 5.91 Å². The first-order valence-corrected chi connectivity index (χ1v) is 10.8. The molecule has 0 heterocycles. The highest BCUT2D eigenvalue weighted by atomic mass is 16.5. The molecule has 1 amide bonds. The van der Waals surface area contributed by atoms with E-state index in [1.54, 1.807) is 48.5 Å². The largest absolute Gasteiger partial charge is 0.457 e. The van der Waals surface area contributed by atoms with Crippen molar-refractivity contribution in [1.82, 2.24) is 0 Å². The summed E-state index contributed by atoms with van der Waals surface area (Å²) in [4.78, 5) is 35.9. The number of anilines is 1. The number of amides is 1. The van der Waals surface area contributed by atoms with Crippen LogP contribution in [-0.4, -0.2) is 24.3 Å². The van der Waals surface area contributed by atoms with Gasteiger partial charge in [0.25, 0.3) is 0 Å². The number of hydrogen-bond acceptors (Lipinski definition) is 5. The van der Waals surface area contributed by atoms with Crippen molar-refractivity contribution in [3.63, 3.8) is 0 Å². The lowest BCUT2D eigenvalue weighted by Gasteiger charge is -2.09. The van der Waals surface area contributed by atoms with Crippen LogP contribution in [0.5, 0.6) is 11.5 Å². The molecule has 0 atom stereocenters. The number of aryl methyl sites for hydroxylation is 2. The van der Waals surface area contributed by atoms with Crippen molar-refractivity contribution in [2.75, 3.05) is 11.9 Å². The Labute approximate surface area is 193 Å². The van der Waals surface area contributed by atoms with Gasteiger partial charge in [-0.2, -0.15) is 0 Å². The van der Waals surface area contributed by atoms with Crippen LogP contribution in [0.25, 0.3) is 0 Å². The highest BCUT2D eigenvalue weighted by Crippen LogP contribution is 2.25. The summed E-state index contributed by atoms with van der Waals surface area (Å²) in [6, 6.07) is 21.6. The third-order valence-corrected chi connectivity index (χ3v) is 5.10. The van der Waals surface area contributed by atoms with Crippen LogP contribution < -0.4 is 10.1 Å². The van der Waals surface area contributed by atoms with Gasteiger partial charge in [0.05, 0.1) is 0 Å². The number of rotatable bonds is 10. The molecule has 6 heteroatoms. The lowest BCUT2D eigenvalue weighted by molar-refractivity contribution is -0.142. The Hall–Kier alpha value is -3.93. The van der Waals surface area contributed by atoms with Crippen molar-refractivity contribution in [3.05, 3.63) is 89.5 Å². The molecular formula is C27H27NO5. The summed E-state index contributed by atoms with van der Waals surface area (Å²) in [5, 5.41) is 2.79. The fraction of sp³-hybridized carbons (Fsp3) is 0.222. The summed E-state index contributed by atoms with van der Waals surface area (Å²) >= 11 is 0. The maximum absolute atomic E-state index is 12.1. The lowest BCUT2D eigenvalue weighted by Crippen LogP contribution is -2.15. The molecule has 0 radical (unpaired) electrons. The van der Waals surface area contributed by atoms with Gasteiger partial charge < -0.3 is 14.8 Å². The van der Waals surface area contributed by atoms with Crippen LogP contribution in [0.1, 0.15) is 40.7 Å². The summed E-state index contributed by atoms with van der Waals surface area (Å²) < 4.78 is 10.8. The van der Waals surface area contributed by atoms with E-state index in [-0.39, 0.29) is 31.1 Å². The van der Waals surface area contributed by atoms with Gasteiger partial charge >= 0.3 is 5.97 Å². The average molecular weight is 446 g/mol.